The third-order valence-corrected chi connectivity index (χ3v) is 17.2. The van der Waals surface area contributed by atoms with Crippen LogP contribution in [0.25, 0.3) is 49.7 Å². The molecule has 2 aliphatic heterocycles. The van der Waals surface area contributed by atoms with Gasteiger partial charge in [-0.25, -0.2) is 0 Å². The summed E-state index contributed by atoms with van der Waals surface area (Å²) in [5.74, 6) is 2.56. The highest BCUT2D eigenvalue weighted by Crippen LogP contribution is 2.40. The quantitative estimate of drug-likeness (QED) is 0.125. The van der Waals surface area contributed by atoms with Gasteiger partial charge in [0.25, 0.3) is 0 Å². The van der Waals surface area contributed by atoms with Crippen LogP contribution in [0.2, 0.25) is 0 Å². The molecule has 0 saturated carbocycles. The highest BCUT2D eigenvalue weighted by Gasteiger charge is 2.44. The monoisotopic (exact) mass is 769 g/mol. The number of aromatic nitrogens is 1. The highest BCUT2D eigenvalue weighted by atomic mass is 28.3. The fourth-order valence-corrected chi connectivity index (χ4v) is 14.6. The van der Waals surface area contributed by atoms with Gasteiger partial charge in [-0.3, -0.25) is 0 Å². The third kappa shape index (κ3) is 5.15. The molecule has 0 unspecified atom stereocenters. The van der Waals surface area contributed by atoms with Crippen molar-refractivity contribution in [3.63, 3.8) is 0 Å². The second kappa shape index (κ2) is 13.4. The zero-order valence-electron chi connectivity index (χ0n) is 32.1. The summed E-state index contributed by atoms with van der Waals surface area (Å²) in [5.41, 5.74) is 10.1. The van der Waals surface area contributed by atoms with Crippen LogP contribution >= 0.6 is 0 Å². The normalized spacial score (nSPS) is 12.6. The lowest BCUT2D eigenvalue weighted by molar-refractivity contribution is 0.479. The Balaban J connectivity index is 0.950. The van der Waals surface area contributed by atoms with Gasteiger partial charge in [0, 0.05) is 32.9 Å². The van der Waals surface area contributed by atoms with Crippen LogP contribution in [0.4, 0.5) is 0 Å². The molecule has 0 amide bonds. The van der Waals surface area contributed by atoms with Crippen molar-refractivity contribution in [1.82, 2.24) is 4.57 Å². The van der Waals surface area contributed by atoms with Gasteiger partial charge < -0.3 is 14.0 Å². The molecule has 2 aliphatic rings. The Hall–Kier alpha value is -7.34. The van der Waals surface area contributed by atoms with Crippen molar-refractivity contribution in [3.05, 3.63) is 218 Å². The summed E-state index contributed by atoms with van der Waals surface area (Å²) in [7, 11) is -2.75. The van der Waals surface area contributed by atoms with Gasteiger partial charge in [-0.05, 0) is 79.9 Å². The Morgan fingerprint density at radius 1 is 0.390 bits per heavy atom. The maximum atomic E-state index is 7.22. The molecular weight excluding hydrogens is 733 g/mol. The first-order valence-corrected chi connectivity index (χ1v) is 22.3. The van der Waals surface area contributed by atoms with E-state index in [0.29, 0.717) is 0 Å². The molecule has 5 heteroatoms. The van der Waals surface area contributed by atoms with Crippen molar-refractivity contribution in [2.75, 3.05) is 0 Å². The molecule has 0 saturated heterocycles. The van der Waals surface area contributed by atoms with Gasteiger partial charge in [0.2, 0.25) is 0 Å². The van der Waals surface area contributed by atoms with Gasteiger partial charge in [-0.15, -0.1) is 0 Å². The van der Waals surface area contributed by atoms with Crippen LogP contribution < -0.4 is 41.1 Å². The van der Waals surface area contributed by atoms with E-state index in [4.69, 9.17) is 9.39 Å². The van der Waals surface area contributed by atoms with E-state index in [1.54, 1.807) is 0 Å². The molecule has 3 nitrogen and oxygen atoms in total. The summed E-state index contributed by atoms with van der Waals surface area (Å²) in [6.07, 6.45) is 0. The summed E-state index contributed by atoms with van der Waals surface area (Å²) in [4.78, 5) is 0. The lowest BCUT2D eigenvalue weighted by Crippen LogP contribution is -2.74. The molecule has 12 rings (SSSR count). The topological polar surface area (TPSA) is 23.4 Å². The Bertz CT molecular complexity index is 3070. The van der Waals surface area contributed by atoms with Gasteiger partial charge >= 0.3 is 6.92 Å². The van der Waals surface area contributed by atoms with Gasteiger partial charge in [0.1, 0.15) is 17.2 Å². The minimum atomic E-state index is -2.75. The lowest BCUT2D eigenvalue weighted by Gasteiger charge is -2.36. The maximum absolute atomic E-state index is 7.22. The van der Waals surface area contributed by atoms with Crippen LogP contribution in [0.1, 0.15) is 0 Å². The molecule has 276 valence electrons. The van der Waals surface area contributed by atoms with Crippen molar-refractivity contribution >= 4 is 68.5 Å². The SMILES string of the molecule is c1ccc([Si](c2ccccc2)(c2ccccc2)c2ccc3c(c2)OB2c4ccc(-c5ccc(-n6c7ccccc7c7ccccc76)cc5)cc4Oc4cccc-3c42)cc1. The largest absolute Gasteiger partial charge is 0.551 e. The third-order valence-electron chi connectivity index (χ3n) is 12.5. The van der Waals surface area contributed by atoms with Crippen molar-refractivity contribution in [2.24, 2.45) is 0 Å². The summed E-state index contributed by atoms with van der Waals surface area (Å²) >= 11 is 0. The molecule has 59 heavy (non-hydrogen) atoms. The van der Waals surface area contributed by atoms with Crippen LogP contribution in [0.5, 0.6) is 17.2 Å². The summed E-state index contributed by atoms with van der Waals surface area (Å²) < 4.78 is 16.3. The van der Waals surface area contributed by atoms with E-state index in [1.165, 1.54) is 42.6 Å². The Morgan fingerprint density at radius 2 is 0.966 bits per heavy atom. The molecule has 10 aromatic rings. The van der Waals surface area contributed by atoms with E-state index < -0.39 is 8.07 Å². The molecule has 0 radical (unpaired) electrons. The van der Waals surface area contributed by atoms with Gasteiger partial charge in [-0.2, -0.15) is 0 Å². The second-order valence-electron chi connectivity index (χ2n) is 15.5. The predicted octanol–water partition coefficient (Wildman–Crippen LogP) is 9.10. The van der Waals surface area contributed by atoms with Gasteiger partial charge in [0.15, 0.2) is 8.07 Å². The molecule has 0 fully saturated rings. The Kier molecular flexibility index (Phi) is 7.65. The van der Waals surface area contributed by atoms with Crippen molar-refractivity contribution in [3.8, 4) is 45.2 Å². The summed E-state index contributed by atoms with van der Waals surface area (Å²) in [6, 6.07) is 79.2. The van der Waals surface area contributed by atoms with Crippen LogP contribution in [0.15, 0.2) is 218 Å². The first-order valence-electron chi connectivity index (χ1n) is 20.3. The molecule has 0 bridgehead atoms. The first-order chi connectivity index (χ1) is 29.3. The highest BCUT2D eigenvalue weighted by molar-refractivity contribution is 7.20. The van der Waals surface area contributed by atoms with Crippen LogP contribution in [-0.2, 0) is 0 Å². The number of fused-ring (bicyclic) bond motifs is 7. The second-order valence-corrected chi connectivity index (χ2v) is 19.4. The van der Waals surface area contributed by atoms with Crippen molar-refractivity contribution in [2.45, 2.75) is 0 Å². The number of hydrogen-bond donors (Lipinski definition) is 0. The average molecular weight is 770 g/mol. The van der Waals surface area contributed by atoms with E-state index in [-0.39, 0.29) is 6.92 Å². The molecule has 3 heterocycles. The molecular formula is C54H36BNO2Si. The average Bonchev–Trinajstić information content (AvgIpc) is 3.65. The van der Waals surface area contributed by atoms with Gasteiger partial charge in [-0.1, -0.05) is 176 Å². The molecule has 9 aromatic carbocycles. The van der Waals surface area contributed by atoms with E-state index in [1.807, 2.05) is 0 Å². The predicted molar refractivity (Wildman–Crippen MR) is 247 cm³/mol. The standard InChI is InChI=1S/C54H36BNO2Si/c1-4-15-40(16-5-1)59(41-17-6-2-7-18-41,42-19-8-3-9-20-42)43-32-33-46-47-23-14-26-51-54(47)55(58-52(46)36-43)48-34-29-38(35-53(48)57-51)37-27-30-39(31-28-37)56-49-24-12-10-21-44(49)45-22-11-13-25-50(45)56/h1-36H. The molecule has 0 spiro atoms. The van der Waals surface area contributed by atoms with Crippen molar-refractivity contribution < 1.29 is 9.39 Å². The number of nitrogens with zero attached hydrogens (tertiary/aromatic N) is 1. The molecule has 0 aliphatic carbocycles. The van der Waals surface area contributed by atoms with Crippen LogP contribution in [0, 0.1) is 0 Å². The van der Waals surface area contributed by atoms with E-state index >= 15 is 0 Å². The minimum absolute atomic E-state index is 0.305. The molecule has 1 aromatic heterocycles. The van der Waals surface area contributed by atoms with E-state index in [0.717, 1.165) is 56.1 Å². The molecule has 0 atom stereocenters. The zero-order valence-corrected chi connectivity index (χ0v) is 33.1. The summed E-state index contributed by atoms with van der Waals surface area (Å²) in [6.45, 7) is -0.305. The number of para-hydroxylation sites is 2. The zero-order chi connectivity index (χ0) is 38.9. The number of rotatable bonds is 6. The number of benzene rings is 9. The Labute approximate surface area is 344 Å². The summed E-state index contributed by atoms with van der Waals surface area (Å²) in [5, 5.41) is 7.81. The van der Waals surface area contributed by atoms with Gasteiger partial charge in [0.05, 0.1) is 11.0 Å². The van der Waals surface area contributed by atoms with Crippen molar-refractivity contribution in [1.29, 1.82) is 0 Å². The Morgan fingerprint density at radius 3 is 1.59 bits per heavy atom. The fraction of sp³-hybridized carbons (Fsp3) is 0. The molecule has 0 N–H and O–H groups in total. The van der Waals surface area contributed by atoms with Crippen LogP contribution in [0.3, 0.4) is 0 Å². The fourth-order valence-electron chi connectivity index (χ4n) is 9.82. The first kappa shape index (κ1) is 33.8. The number of hydrogen-bond acceptors (Lipinski definition) is 2. The van der Waals surface area contributed by atoms with E-state index in [2.05, 4.69) is 223 Å². The smallest absolute Gasteiger partial charge is 0.434 e. The minimum Gasteiger partial charge on any atom is -0.551 e. The maximum Gasteiger partial charge on any atom is 0.434 e. The van der Waals surface area contributed by atoms with Crippen LogP contribution in [-0.4, -0.2) is 19.6 Å². The number of ether oxygens (including phenoxy) is 1. The lowest BCUT2D eigenvalue weighted by atomic mass is 9.51. The van der Waals surface area contributed by atoms with E-state index in [9.17, 15) is 0 Å².